The fraction of sp³-hybridized carbons (Fsp3) is 0.818. The highest BCUT2D eigenvalue weighted by Crippen LogP contribution is 1.93. The second kappa shape index (κ2) is 6.60. The summed E-state index contributed by atoms with van der Waals surface area (Å²) in [5, 5.41) is 2.74. The number of hydrogen-bond acceptors (Lipinski definition) is 3. The summed E-state index contributed by atoms with van der Waals surface area (Å²) in [6, 6.07) is 0. The lowest BCUT2D eigenvalue weighted by Gasteiger charge is -2.23. The van der Waals surface area contributed by atoms with E-state index in [1.165, 1.54) is 0 Å². The third-order valence-corrected chi connectivity index (χ3v) is 1.95. The van der Waals surface area contributed by atoms with Crippen LogP contribution in [0.3, 0.4) is 0 Å². The van der Waals surface area contributed by atoms with Crippen molar-refractivity contribution >= 4 is 11.7 Å². The van der Waals surface area contributed by atoms with Crippen LogP contribution in [0.4, 0.5) is 0 Å². The average Bonchev–Trinajstić information content (AvgIpc) is 2.10. The van der Waals surface area contributed by atoms with Gasteiger partial charge in [-0.05, 0) is 14.1 Å². The van der Waals surface area contributed by atoms with Gasteiger partial charge in [0, 0.05) is 13.0 Å². The zero-order valence-corrected chi connectivity index (χ0v) is 11.0. The molecule has 1 N–H and O–H groups in total. The van der Waals surface area contributed by atoms with E-state index in [1.54, 1.807) is 0 Å². The molecule has 0 bridgehead atoms. The number of carbonyl (C=O) groups excluding carboxylic acids is 2. The highest BCUT2D eigenvalue weighted by Gasteiger charge is 2.12. The Labute approximate surface area is 98.0 Å². The quantitative estimate of drug-likeness (QED) is 0.370. The zero-order chi connectivity index (χ0) is 12.8. The fourth-order valence-corrected chi connectivity index (χ4v) is 1.00. The van der Waals surface area contributed by atoms with Crippen LogP contribution in [0.25, 0.3) is 0 Å². The van der Waals surface area contributed by atoms with Crippen molar-refractivity contribution in [3.63, 3.8) is 0 Å². The third-order valence-electron chi connectivity index (χ3n) is 1.95. The Morgan fingerprint density at radius 2 is 1.75 bits per heavy atom. The van der Waals surface area contributed by atoms with Crippen molar-refractivity contribution in [1.82, 2.24) is 10.2 Å². The highest BCUT2D eigenvalue weighted by atomic mass is 16.2. The Balaban J connectivity index is 3.75. The van der Waals surface area contributed by atoms with Gasteiger partial charge in [-0.2, -0.15) is 0 Å². The van der Waals surface area contributed by atoms with Crippen LogP contribution in [0, 0.1) is 0 Å². The first kappa shape index (κ1) is 15.1. The van der Waals surface area contributed by atoms with Crippen molar-refractivity contribution in [2.24, 2.45) is 0 Å². The number of carbonyl (C=O) groups is 2. The summed E-state index contributed by atoms with van der Waals surface area (Å²) in [4.78, 5) is 24.7. The van der Waals surface area contributed by atoms with Gasteiger partial charge in [-0.25, -0.2) is 0 Å². The number of quaternary nitrogens is 1. The molecule has 94 valence electrons. The minimum absolute atomic E-state index is 0.00611. The smallest absolute Gasteiger partial charge is 0.231 e. The van der Waals surface area contributed by atoms with Gasteiger partial charge >= 0.3 is 0 Å². The molecule has 16 heavy (non-hydrogen) atoms. The lowest BCUT2D eigenvalue weighted by Crippen LogP contribution is -2.45. The Hall–Kier alpha value is -0.940. The predicted molar refractivity (Wildman–Crippen MR) is 63.8 cm³/mol. The van der Waals surface area contributed by atoms with Crippen LogP contribution in [-0.4, -0.2) is 69.5 Å². The molecule has 5 nitrogen and oxygen atoms in total. The SMILES string of the molecule is CN(C)CCC(=O)CC(=O)NC[N+](C)(C)C. The second-order valence-electron chi connectivity index (χ2n) is 5.32. The Morgan fingerprint density at radius 3 is 2.19 bits per heavy atom. The third kappa shape index (κ3) is 9.61. The monoisotopic (exact) mass is 230 g/mol. The minimum atomic E-state index is -0.184. The van der Waals surface area contributed by atoms with E-state index in [1.807, 2.05) is 40.1 Å². The summed E-state index contributed by atoms with van der Waals surface area (Å²) < 4.78 is 0.650. The van der Waals surface area contributed by atoms with Gasteiger partial charge < -0.3 is 14.7 Å². The number of hydrogen-bond donors (Lipinski definition) is 1. The van der Waals surface area contributed by atoms with E-state index in [0.29, 0.717) is 24.1 Å². The van der Waals surface area contributed by atoms with Crippen molar-refractivity contribution in [3.05, 3.63) is 0 Å². The summed E-state index contributed by atoms with van der Waals surface area (Å²) in [5.74, 6) is -0.190. The van der Waals surface area contributed by atoms with Gasteiger partial charge in [-0.3, -0.25) is 9.59 Å². The molecule has 0 aliphatic carbocycles. The van der Waals surface area contributed by atoms with E-state index in [0.717, 1.165) is 0 Å². The maximum atomic E-state index is 11.4. The molecule has 0 rings (SSSR count). The molecule has 0 aliphatic heterocycles. The molecule has 0 radical (unpaired) electrons. The standard InChI is InChI=1S/C11H23N3O2/c1-13(2)7-6-10(15)8-11(16)12-9-14(3,4)5/h6-9H2,1-5H3/p+1. The van der Waals surface area contributed by atoms with E-state index >= 15 is 0 Å². The van der Waals surface area contributed by atoms with Crippen LogP contribution in [0.5, 0.6) is 0 Å². The number of amides is 1. The first-order valence-electron chi connectivity index (χ1n) is 5.44. The van der Waals surface area contributed by atoms with Crippen LogP contribution >= 0.6 is 0 Å². The summed E-state index contributed by atoms with van der Waals surface area (Å²) in [7, 11) is 9.76. The van der Waals surface area contributed by atoms with Crippen LogP contribution in [0.1, 0.15) is 12.8 Å². The van der Waals surface area contributed by atoms with Crippen LogP contribution < -0.4 is 5.32 Å². The predicted octanol–water partition coefficient (Wildman–Crippen LogP) is -0.323. The van der Waals surface area contributed by atoms with Crippen LogP contribution in [-0.2, 0) is 9.59 Å². The summed E-state index contributed by atoms with van der Waals surface area (Å²) in [5.41, 5.74) is 0. The van der Waals surface area contributed by atoms with Crippen molar-refractivity contribution in [3.8, 4) is 0 Å². The Kier molecular flexibility index (Phi) is 6.21. The molecule has 0 saturated carbocycles. The number of nitrogens with one attached hydrogen (secondary N) is 1. The van der Waals surface area contributed by atoms with Gasteiger partial charge in [0.2, 0.25) is 5.91 Å². The maximum absolute atomic E-state index is 11.4. The van der Waals surface area contributed by atoms with Crippen molar-refractivity contribution in [1.29, 1.82) is 0 Å². The van der Waals surface area contributed by atoms with Gasteiger partial charge in [-0.15, -0.1) is 0 Å². The molecule has 0 heterocycles. The highest BCUT2D eigenvalue weighted by molar-refractivity contribution is 5.97. The number of nitrogens with zero attached hydrogens (tertiary/aromatic N) is 2. The zero-order valence-electron chi connectivity index (χ0n) is 11.0. The van der Waals surface area contributed by atoms with E-state index in [2.05, 4.69) is 5.32 Å². The minimum Gasteiger partial charge on any atom is -0.314 e. The Bertz CT molecular complexity index is 244. The molecule has 0 saturated heterocycles. The van der Waals surface area contributed by atoms with Gasteiger partial charge in [0.05, 0.1) is 27.6 Å². The first-order chi connectivity index (χ1) is 7.20. The Morgan fingerprint density at radius 1 is 1.19 bits per heavy atom. The summed E-state index contributed by atoms with van der Waals surface area (Å²) in [6.45, 7) is 1.24. The molecule has 0 aromatic heterocycles. The van der Waals surface area contributed by atoms with Gasteiger partial charge in [-0.1, -0.05) is 0 Å². The summed E-state index contributed by atoms with van der Waals surface area (Å²) in [6.07, 6.45) is 0.429. The molecule has 0 fully saturated rings. The molecule has 0 aliphatic rings. The van der Waals surface area contributed by atoms with Crippen molar-refractivity contribution in [2.45, 2.75) is 12.8 Å². The molecule has 1 amide bonds. The lowest BCUT2D eigenvalue weighted by molar-refractivity contribution is -0.872. The lowest BCUT2D eigenvalue weighted by atomic mass is 10.2. The van der Waals surface area contributed by atoms with Crippen molar-refractivity contribution in [2.75, 3.05) is 48.5 Å². The second-order valence-corrected chi connectivity index (χ2v) is 5.32. The molecule has 0 aromatic carbocycles. The van der Waals surface area contributed by atoms with Crippen LogP contribution in [0.2, 0.25) is 0 Å². The normalized spacial score (nSPS) is 11.6. The maximum Gasteiger partial charge on any atom is 0.231 e. The molecule has 5 heteroatoms. The van der Waals surface area contributed by atoms with Gasteiger partial charge in [0.25, 0.3) is 0 Å². The van der Waals surface area contributed by atoms with E-state index in [-0.39, 0.29) is 18.1 Å². The van der Waals surface area contributed by atoms with Crippen molar-refractivity contribution < 1.29 is 14.1 Å². The average molecular weight is 230 g/mol. The molecular weight excluding hydrogens is 206 g/mol. The van der Waals surface area contributed by atoms with E-state index in [9.17, 15) is 9.59 Å². The first-order valence-corrected chi connectivity index (χ1v) is 5.44. The topological polar surface area (TPSA) is 49.4 Å². The molecule has 0 unspecified atom stereocenters. The number of ketones is 1. The molecular formula is C11H24N3O2+. The largest absolute Gasteiger partial charge is 0.314 e. The van der Waals surface area contributed by atoms with Crippen LogP contribution in [0.15, 0.2) is 0 Å². The van der Waals surface area contributed by atoms with E-state index in [4.69, 9.17) is 0 Å². The van der Waals surface area contributed by atoms with Gasteiger partial charge in [0.15, 0.2) is 6.67 Å². The summed E-state index contributed by atoms with van der Waals surface area (Å²) >= 11 is 0. The molecule has 0 atom stereocenters. The number of rotatable bonds is 7. The van der Waals surface area contributed by atoms with Gasteiger partial charge in [0.1, 0.15) is 5.78 Å². The fourth-order valence-electron chi connectivity index (χ4n) is 1.00. The molecule has 0 spiro atoms. The molecule has 0 aromatic rings. The van der Waals surface area contributed by atoms with E-state index < -0.39 is 0 Å². The number of Topliss-reactive ketones (excluding diaryl/α,β-unsaturated/α-hetero) is 1.